The number of ether oxygens (including phenoxy) is 5. The molecule has 4 fully saturated rings. The molecule has 26 nitrogen and oxygen atoms in total. The summed E-state index contributed by atoms with van der Waals surface area (Å²) in [4.78, 5) is 133. The average molecular weight is 1770 g/mol. The molecule has 0 aliphatic carbocycles. The minimum atomic E-state index is -1.00. The molecule has 4 aliphatic rings. The molecular weight excluding hydrogens is 1610 g/mol. The summed E-state index contributed by atoms with van der Waals surface area (Å²) in [6.07, 6.45) is 0.0882. The van der Waals surface area contributed by atoms with Crippen LogP contribution in [0.25, 0.3) is 0 Å². The van der Waals surface area contributed by atoms with Crippen LogP contribution in [0.15, 0.2) is 152 Å². The van der Waals surface area contributed by atoms with E-state index in [-0.39, 0.29) is 110 Å². The highest BCUT2D eigenvalue weighted by atomic mass is 35.5. The van der Waals surface area contributed by atoms with E-state index in [2.05, 4.69) is 67.8 Å². The smallest absolute Gasteiger partial charge is 0.408 e. The molecule has 9 rings (SSSR count). The fourth-order valence-corrected chi connectivity index (χ4v) is 13.2. The number of likely N-dealkylation sites (tertiary alicyclic amines) is 2. The lowest BCUT2D eigenvalue weighted by Gasteiger charge is -2.41. The zero-order chi connectivity index (χ0) is 94.9. The summed E-state index contributed by atoms with van der Waals surface area (Å²) < 4.78 is 25.3. The Hall–Kier alpha value is -9.92. The van der Waals surface area contributed by atoms with Gasteiger partial charge >= 0.3 is 30.3 Å². The summed E-state index contributed by atoms with van der Waals surface area (Å²) in [5.74, 6) is -0.938. The van der Waals surface area contributed by atoms with E-state index in [4.69, 9.17) is 29.8 Å². The van der Waals surface area contributed by atoms with Gasteiger partial charge < -0.3 is 76.2 Å². The summed E-state index contributed by atoms with van der Waals surface area (Å²) in [7, 11) is 3.62. The van der Waals surface area contributed by atoms with Crippen LogP contribution in [0.5, 0.6) is 0 Å². The average Bonchev–Trinajstić information content (AvgIpc) is 0.811. The third kappa shape index (κ3) is 46.8. The highest BCUT2D eigenvalue weighted by Gasteiger charge is 2.42. The summed E-state index contributed by atoms with van der Waals surface area (Å²) in [5, 5.41) is 25.5. The molecular formula is C98H160ClN9O17. The number of nitrogens with one attached hydrogen (secondary N) is 6. The predicted molar refractivity (Wildman–Crippen MR) is 505 cm³/mol. The number of halogens is 1. The Morgan fingerprint density at radius 1 is 0.448 bits per heavy atom. The number of Topliss-reactive ketones (excluding diaryl/α,β-unsaturated/α-hetero) is 2. The van der Waals surface area contributed by atoms with Crippen molar-refractivity contribution in [3.8, 4) is 0 Å². The molecule has 0 aromatic heterocycles. The zero-order valence-corrected chi connectivity index (χ0v) is 81.1. The second-order valence-corrected chi connectivity index (χ2v) is 32.7. The van der Waals surface area contributed by atoms with Gasteiger partial charge in [-0.1, -0.05) is 228 Å². The maximum Gasteiger partial charge on any atom is 0.408 e. The molecule has 0 bridgehead atoms. The summed E-state index contributed by atoms with van der Waals surface area (Å²) in [6.45, 7) is 53.8. The SMILES string of the molecule is C.CC.CC.CC.CC.CC.CC(=O)C(CC(NC(=O)OC(C)(C)C)C(=O)CO)c1ccccc1.CC1NC(=O)C(NC(=O)OC(C)(C)C)CC1c1ccccc1.CCOC(C)=O.C[C@@H]1[C@H](c2ccccc2)C[C@H](N)C(=O)N1C.C[C@@H]1[C@H](c2ccccc2)C[C@H](NC(=O)OC(C)(C)C)C(=O)N1C.C[C@H]1NC(=O)[C@@H](NC(=O)OC(C)(C)C)C[C@H]1c1ccccc1.Cl. The van der Waals surface area contributed by atoms with Gasteiger partial charge in [-0.2, -0.15) is 0 Å². The first kappa shape index (κ1) is 121. The van der Waals surface area contributed by atoms with E-state index in [0.717, 1.165) is 23.1 Å². The highest BCUT2D eigenvalue weighted by Crippen LogP contribution is 2.35. The first-order valence-electron chi connectivity index (χ1n) is 43.6. The lowest BCUT2D eigenvalue weighted by molar-refractivity contribution is -0.140. The summed E-state index contributed by atoms with van der Waals surface area (Å²) >= 11 is 0. The van der Waals surface area contributed by atoms with E-state index >= 15 is 0 Å². The Kier molecular flexibility index (Phi) is 60.4. The Morgan fingerprint density at radius 3 is 1.02 bits per heavy atom. The van der Waals surface area contributed by atoms with Crippen molar-refractivity contribution in [2.75, 3.05) is 27.3 Å². The van der Waals surface area contributed by atoms with Crippen molar-refractivity contribution in [3.05, 3.63) is 179 Å². The number of alkyl carbamates (subject to hydrolysis) is 4. The molecule has 5 unspecified atom stereocenters. The molecule has 4 aliphatic heterocycles. The Bertz CT molecular complexity index is 3780. The molecule has 4 heterocycles. The third-order valence-corrected chi connectivity index (χ3v) is 19.0. The highest BCUT2D eigenvalue weighted by molar-refractivity contribution is 5.91. The van der Waals surface area contributed by atoms with Crippen molar-refractivity contribution in [1.29, 1.82) is 0 Å². The van der Waals surface area contributed by atoms with Crippen LogP contribution in [0.1, 0.15) is 298 Å². The van der Waals surface area contributed by atoms with E-state index in [1.807, 2.05) is 200 Å². The van der Waals surface area contributed by atoms with Crippen LogP contribution in [-0.4, -0.2) is 185 Å². The fraction of sp³-hybridized carbons (Fsp3) is 0.582. The number of benzene rings is 5. The van der Waals surface area contributed by atoms with Crippen molar-refractivity contribution >= 4 is 77.9 Å². The van der Waals surface area contributed by atoms with Gasteiger partial charge in [0.05, 0.1) is 18.7 Å². The Labute approximate surface area is 756 Å². The molecule has 5 aromatic carbocycles. The van der Waals surface area contributed by atoms with Crippen LogP contribution >= 0.6 is 12.4 Å². The number of piperidine rings is 4. The topological polar surface area (TPSA) is 359 Å². The normalized spacial score (nSPS) is 20.7. The van der Waals surface area contributed by atoms with E-state index < -0.39 is 89.3 Å². The van der Waals surface area contributed by atoms with Crippen molar-refractivity contribution in [3.63, 3.8) is 0 Å². The first-order valence-corrected chi connectivity index (χ1v) is 43.6. The molecule has 5 aromatic rings. The number of nitrogens with zero attached hydrogens (tertiary/aromatic N) is 2. The van der Waals surface area contributed by atoms with Gasteiger partial charge in [0.25, 0.3) is 0 Å². The number of rotatable bonds is 15. The van der Waals surface area contributed by atoms with Gasteiger partial charge in [0.1, 0.15) is 52.9 Å². The molecule has 706 valence electrons. The number of amides is 8. The predicted octanol–water partition coefficient (Wildman–Crippen LogP) is 18.4. The second kappa shape index (κ2) is 62.3. The monoisotopic (exact) mass is 1770 g/mol. The van der Waals surface area contributed by atoms with Gasteiger partial charge in [-0.15, -0.1) is 12.4 Å². The zero-order valence-electron chi connectivity index (χ0n) is 80.3. The summed E-state index contributed by atoms with van der Waals surface area (Å²) in [5.41, 5.74) is 8.93. The first-order chi connectivity index (χ1) is 57.7. The fourth-order valence-electron chi connectivity index (χ4n) is 13.2. The van der Waals surface area contributed by atoms with Gasteiger partial charge in [0.15, 0.2) is 5.78 Å². The molecule has 8 amide bonds. The van der Waals surface area contributed by atoms with E-state index in [0.29, 0.717) is 31.8 Å². The minimum absolute atomic E-state index is 0. The maximum atomic E-state index is 12.5. The van der Waals surface area contributed by atoms with E-state index in [1.54, 1.807) is 131 Å². The lowest BCUT2D eigenvalue weighted by Crippen LogP contribution is -2.57. The second-order valence-electron chi connectivity index (χ2n) is 32.7. The lowest BCUT2D eigenvalue weighted by atomic mass is 9.82. The maximum absolute atomic E-state index is 12.5. The standard InChI is InChI=1S/C18H26N2O3.C18H25NO5.2C17H24N2O3.C13H18N2O.C4H8O2.5C2H6.CH4.ClH/c1-12-14(13-9-7-6-8-10-13)11-15(16(21)20(12)5)19-17(22)23-18(2,3)4;1-12(21)14(13-8-6-5-7-9-13)10-15(16(22)11-20)19-17(23)24-18(2,3)4;2*1-11-13(12-8-6-5-7-9-12)10-14(15(20)18-11)19-16(21)22-17(2,3)4;1-9-11(10-6-4-3-5-7-10)8-12(14)13(16)15(9)2;1-3-6-4(2)5;5*1-2;;/h6-10,12,14-15H,11H2,1-5H3,(H,19,22);5-9,14-15,20H,10-11H2,1-4H3,(H,19,23);2*5-9,11,13-14H,10H2,1-4H3,(H,18,20)(H,19,21);3-7,9,11-12H,8,14H2,1-2H3;3H2,1-2H3;5*1-2H3;1H4;1H/t12-,14-,15+;;11-,13-,14+;;9-,11-,12+;;;;;;;;/m1.1.1......../s1. The number of likely N-dealkylation sites (N-methyl/N-ethyl adjacent to an activating group) is 2. The van der Waals surface area contributed by atoms with Crippen molar-refractivity contribution < 1.29 is 81.5 Å². The number of carbonyl (C=O) groups excluding carboxylic acids is 11. The number of aliphatic hydroxyl groups excluding tert-OH is 1. The van der Waals surface area contributed by atoms with Gasteiger partial charge in [0.2, 0.25) is 23.6 Å². The van der Waals surface area contributed by atoms with Gasteiger partial charge in [-0.25, -0.2) is 19.2 Å². The minimum Gasteiger partial charge on any atom is -0.466 e. The Balaban J connectivity index is -0.000000701. The number of hydrogen-bond donors (Lipinski definition) is 8. The summed E-state index contributed by atoms with van der Waals surface area (Å²) in [6, 6.07) is 46.7. The molecule has 9 N–H and O–H groups in total. The molecule has 125 heavy (non-hydrogen) atoms. The molecule has 0 saturated carbocycles. The van der Waals surface area contributed by atoms with Crippen molar-refractivity contribution in [2.24, 2.45) is 5.73 Å². The van der Waals surface area contributed by atoms with Gasteiger partial charge in [-0.3, -0.25) is 33.6 Å². The molecule has 0 spiro atoms. The third-order valence-electron chi connectivity index (χ3n) is 19.0. The van der Waals surface area contributed by atoms with E-state index in [1.165, 1.54) is 25.0 Å². The number of carbonyl (C=O) groups is 11. The number of nitrogens with two attached hydrogens (primary N) is 1. The largest absolute Gasteiger partial charge is 0.466 e. The van der Waals surface area contributed by atoms with Crippen molar-refractivity contribution in [2.45, 2.75) is 347 Å². The van der Waals surface area contributed by atoms with Crippen LogP contribution in [-0.2, 0) is 57.2 Å². The molecule has 14 atom stereocenters. The van der Waals surface area contributed by atoms with Crippen LogP contribution in [0, 0.1) is 0 Å². The molecule has 4 saturated heterocycles. The Morgan fingerprint density at radius 2 is 0.728 bits per heavy atom. The number of esters is 1. The van der Waals surface area contributed by atoms with Gasteiger partial charge in [0, 0.05) is 74.8 Å². The molecule has 27 heteroatoms. The van der Waals surface area contributed by atoms with E-state index in [9.17, 15) is 52.7 Å². The van der Waals surface area contributed by atoms with Crippen LogP contribution in [0.2, 0.25) is 0 Å². The van der Waals surface area contributed by atoms with Crippen molar-refractivity contribution in [1.82, 2.24) is 41.7 Å². The number of aliphatic hydroxyl groups is 1. The van der Waals surface area contributed by atoms with Crippen LogP contribution in [0.4, 0.5) is 19.2 Å². The van der Waals surface area contributed by atoms with Gasteiger partial charge in [-0.05, 0) is 185 Å². The quantitative estimate of drug-likeness (QED) is 0.0356. The van der Waals surface area contributed by atoms with Crippen LogP contribution in [0.3, 0.4) is 0 Å². The number of ketones is 2. The molecule has 0 radical (unpaired) electrons. The van der Waals surface area contributed by atoms with Crippen LogP contribution < -0.4 is 37.6 Å². The number of hydrogen-bond acceptors (Lipinski definition) is 18.